The molecule has 0 spiro atoms. The van der Waals surface area contributed by atoms with E-state index in [1.54, 1.807) is 11.7 Å². The van der Waals surface area contributed by atoms with E-state index in [0.29, 0.717) is 11.6 Å². The Kier molecular flexibility index (Phi) is 4.63. The Bertz CT molecular complexity index is 470. The molecular formula is C14H22ClN3O. The Labute approximate surface area is 119 Å². The summed E-state index contributed by atoms with van der Waals surface area (Å²) in [6, 6.07) is 0.00533. The topological polar surface area (TPSA) is 60.9 Å². The maximum atomic E-state index is 12.5. The van der Waals surface area contributed by atoms with E-state index in [2.05, 4.69) is 5.10 Å². The van der Waals surface area contributed by atoms with Crippen LogP contribution in [0, 0.1) is 12.8 Å². The Hall–Kier alpha value is -0.870. The summed E-state index contributed by atoms with van der Waals surface area (Å²) >= 11 is 6.18. The molecule has 4 nitrogen and oxygen atoms in total. The monoisotopic (exact) mass is 283 g/mol. The lowest BCUT2D eigenvalue weighted by Gasteiger charge is -2.19. The van der Waals surface area contributed by atoms with Crippen molar-refractivity contribution in [3.63, 3.8) is 0 Å². The SMILES string of the molecule is Cc1nn(C)c(Cl)c1CC(=O)C1CCCCCC1N. The third-order valence-corrected chi connectivity index (χ3v) is 4.58. The maximum Gasteiger partial charge on any atom is 0.142 e. The minimum atomic E-state index is -0.0156. The Morgan fingerprint density at radius 1 is 1.42 bits per heavy atom. The Morgan fingerprint density at radius 2 is 2.11 bits per heavy atom. The number of Topliss-reactive ketones (excluding diaryl/α,β-unsaturated/α-hetero) is 1. The summed E-state index contributed by atoms with van der Waals surface area (Å²) in [4.78, 5) is 12.5. The van der Waals surface area contributed by atoms with Crippen LogP contribution >= 0.6 is 11.6 Å². The van der Waals surface area contributed by atoms with Gasteiger partial charge in [0.1, 0.15) is 10.9 Å². The van der Waals surface area contributed by atoms with Gasteiger partial charge in [0.25, 0.3) is 0 Å². The number of ketones is 1. The van der Waals surface area contributed by atoms with Crippen molar-refractivity contribution in [2.45, 2.75) is 51.5 Å². The van der Waals surface area contributed by atoms with E-state index in [-0.39, 0.29) is 17.7 Å². The van der Waals surface area contributed by atoms with Crippen LogP contribution in [0.15, 0.2) is 0 Å². The van der Waals surface area contributed by atoms with Gasteiger partial charge >= 0.3 is 0 Å². The van der Waals surface area contributed by atoms with E-state index in [1.165, 1.54) is 6.42 Å². The fourth-order valence-electron chi connectivity index (χ4n) is 2.92. The second-order valence-corrected chi connectivity index (χ2v) is 5.89. The van der Waals surface area contributed by atoms with Gasteiger partial charge in [0.2, 0.25) is 0 Å². The smallest absolute Gasteiger partial charge is 0.142 e. The first kappa shape index (κ1) is 14.5. The van der Waals surface area contributed by atoms with Crippen molar-refractivity contribution >= 4 is 17.4 Å². The van der Waals surface area contributed by atoms with Crippen LogP contribution in [0.4, 0.5) is 0 Å². The third kappa shape index (κ3) is 3.18. The molecule has 106 valence electrons. The number of hydrogen-bond donors (Lipinski definition) is 1. The van der Waals surface area contributed by atoms with Crippen LogP contribution in [0.25, 0.3) is 0 Å². The van der Waals surface area contributed by atoms with Gasteiger partial charge in [-0.2, -0.15) is 5.10 Å². The Balaban J connectivity index is 2.11. The highest BCUT2D eigenvalue weighted by Crippen LogP contribution is 2.26. The van der Waals surface area contributed by atoms with Crippen molar-refractivity contribution < 1.29 is 4.79 Å². The number of rotatable bonds is 3. The molecule has 1 aliphatic rings. The average Bonchev–Trinajstić information content (AvgIpc) is 2.57. The molecule has 1 aromatic heterocycles. The molecule has 2 atom stereocenters. The van der Waals surface area contributed by atoms with Gasteiger partial charge in [-0.3, -0.25) is 9.48 Å². The second-order valence-electron chi connectivity index (χ2n) is 5.53. The van der Waals surface area contributed by atoms with Crippen LogP contribution < -0.4 is 5.73 Å². The molecule has 2 N–H and O–H groups in total. The maximum absolute atomic E-state index is 12.5. The molecule has 5 heteroatoms. The first-order valence-corrected chi connectivity index (χ1v) is 7.34. The molecule has 2 rings (SSSR count). The van der Waals surface area contributed by atoms with Gasteiger partial charge in [-0.1, -0.05) is 30.9 Å². The molecule has 19 heavy (non-hydrogen) atoms. The van der Waals surface area contributed by atoms with Gasteiger partial charge in [-0.15, -0.1) is 0 Å². The van der Waals surface area contributed by atoms with E-state index in [4.69, 9.17) is 17.3 Å². The van der Waals surface area contributed by atoms with Crippen LogP contribution in [-0.4, -0.2) is 21.6 Å². The lowest BCUT2D eigenvalue weighted by atomic mass is 9.88. The standard InChI is InChI=1S/C14H22ClN3O/c1-9-11(14(15)18(2)17-9)8-13(19)10-6-4-3-5-7-12(10)16/h10,12H,3-8,16H2,1-2H3. The largest absolute Gasteiger partial charge is 0.327 e. The van der Waals surface area contributed by atoms with Crippen molar-refractivity contribution in [3.05, 3.63) is 16.4 Å². The minimum Gasteiger partial charge on any atom is -0.327 e. The lowest BCUT2D eigenvalue weighted by Crippen LogP contribution is -2.35. The molecule has 0 bridgehead atoms. The van der Waals surface area contributed by atoms with Gasteiger partial charge in [0.15, 0.2) is 0 Å². The van der Waals surface area contributed by atoms with Gasteiger partial charge in [0, 0.05) is 31.0 Å². The molecule has 1 fully saturated rings. The average molecular weight is 284 g/mol. The summed E-state index contributed by atoms with van der Waals surface area (Å²) in [5.74, 6) is 0.200. The van der Waals surface area contributed by atoms with Crippen LogP contribution in [0.3, 0.4) is 0 Å². The molecule has 2 unspecified atom stereocenters. The van der Waals surface area contributed by atoms with Crippen molar-refractivity contribution in [2.75, 3.05) is 0 Å². The van der Waals surface area contributed by atoms with Crippen LogP contribution in [-0.2, 0) is 18.3 Å². The highest BCUT2D eigenvalue weighted by molar-refractivity contribution is 6.30. The van der Waals surface area contributed by atoms with Crippen molar-refractivity contribution in [3.8, 4) is 0 Å². The van der Waals surface area contributed by atoms with E-state index >= 15 is 0 Å². The van der Waals surface area contributed by atoms with Crippen LogP contribution in [0.5, 0.6) is 0 Å². The van der Waals surface area contributed by atoms with E-state index < -0.39 is 0 Å². The van der Waals surface area contributed by atoms with Gasteiger partial charge in [-0.25, -0.2) is 0 Å². The second kappa shape index (κ2) is 6.06. The summed E-state index contributed by atoms with van der Waals surface area (Å²) in [5, 5.41) is 4.81. The Morgan fingerprint density at radius 3 is 2.74 bits per heavy atom. The summed E-state index contributed by atoms with van der Waals surface area (Å²) in [6.45, 7) is 1.89. The predicted molar refractivity (Wildman–Crippen MR) is 76.2 cm³/mol. The van der Waals surface area contributed by atoms with Gasteiger partial charge in [-0.05, 0) is 19.8 Å². The number of aromatic nitrogens is 2. The molecule has 1 heterocycles. The molecule has 0 amide bonds. The third-order valence-electron chi connectivity index (χ3n) is 4.10. The number of nitrogens with two attached hydrogens (primary N) is 1. The molecule has 0 aromatic carbocycles. The number of nitrogens with zero attached hydrogens (tertiary/aromatic N) is 2. The first-order chi connectivity index (χ1) is 9.00. The molecular weight excluding hydrogens is 262 g/mol. The molecule has 1 saturated carbocycles. The number of aryl methyl sites for hydroxylation is 2. The first-order valence-electron chi connectivity index (χ1n) is 6.97. The van der Waals surface area contributed by atoms with Crippen LogP contribution in [0.2, 0.25) is 5.15 Å². The fourth-order valence-corrected chi connectivity index (χ4v) is 3.16. The molecule has 0 radical (unpaired) electrons. The highest BCUT2D eigenvalue weighted by Gasteiger charge is 2.28. The molecule has 1 aromatic rings. The predicted octanol–water partition coefficient (Wildman–Crippen LogP) is 2.40. The zero-order valence-corrected chi connectivity index (χ0v) is 12.4. The molecule has 1 aliphatic carbocycles. The molecule has 0 saturated heterocycles. The fraction of sp³-hybridized carbons (Fsp3) is 0.714. The zero-order valence-electron chi connectivity index (χ0n) is 11.7. The van der Waals surface area contributed by atoms with Gasteiger partial charge in [0.05, 0.1) is 5.69 Å². The summed E-state index contributed by atoms with van der Waals surface area (Å²) in [6.07, 6.45) is 5.65. The molecule has 0 aliphatic heterocycles. The summed E-state index contributed by atoms with van der Waals surface area (Å²) < 4.78 is 1.62. The van der Waals surface area contributed by atoms with E-state index in [1.807, 2.05) is 6.92 Å². The number of hydrogen-bond acceptors (Lipinski definition) is 3. The van der Waals surface area contributed by atoms with Crippen molar-refractivity contribution in [2.24, 2.45) is 18.7 Å². The zero-order chi connectivity index (χ0) is 14.0. The van der Waals surface area contributed by atoms with Crippen molar-refractivity contribution in [1.29, 1.82) is 0 Å². The van der Waals surface area contributed by atoms with Gasteiger partial charge < -0.3 is 5.73 Å². The van der Waals surface area contributed by atoms with Crippen LogP contribution in [0.1, 0.15) is 43.4 Å². The van der Waals surface area contributed by atoms with Crippen molar-refractivity contribution in [1.82, 2.24) is 9.78 Å². The number of halogens is 1. The highest BCUT2D eigenvalue weighted by atomic mass is 35.5. The normalized spacial score (nSPS) is 24.2. The summed E-state index contributed by atoms with van der Waals surface area (Å²) in [5.41, 5.74) is 7.83. The summed E-state index contributed by atoms with van der Waals surface area (Å²) in [7, 11) is 1.79. The number of carbonyl (C=O) groups excluding carboxylic acids is 1. The number of carbonyl (C=O) groups is 1. The lowest BCUT2D eigenvalue weighted by molar-refractivity contribution is -0.123. The quantitative estimate of drug-likeness (QED) is 0.867. The van der Waals surface area contributed by atoms with E-state index in [0.717, 1.165) is 36.9 Å². The minimum absolute atomic E-state index is 0.00533. The van der Waals surface area contributed by atoms with E-state index in [9.17, 15) is 4.79 Å².